The van der Waals surface area contributed by atoms with Gasteiger partial charge in [-0.05, 0) is 6.42 Å². The summed E-state index contributed by atoms with van der Waals surface area (Å²) in [7, 11) is -5.77. The summed E-state index contributed by atoms with van der Waals surface area (Å²) in [6.07, 6.45) is 0.281. The first-order chi connectivity index (χ1) is 6.20. The minimum absolute atomic E-state index is 0.102. The molecule has 0 aliphatic carbocycles. The largest absolute Gasteiger partial charge is 0.743 e. The van der Waals surface area contributed by atoms with Crippen LogP contribution in [0.1, 0.15) is 19.8 Å². The molecule has 0 saturated carbocycles. The lowest BCUT2D eigenvalue weighted by Gasteiger charge is -2.19. The van der Waals surface area contributed by atoms with Crippen molar-refractivity contribution in [3.05, 3.63) is 0 Å². The summed E-state index contributed by atoms with van der Waals surface area (Å²) in [5, 5.41) is -4.56. The van der Waals surface area contributed by atoms with E-state index in [1.165, 1.54) is 0 Å². The van der Waals surface area contributed by atoms with Gasteiger partial charge in [-0.15, -0.1) is 0 Å². The molecule has 0 aliphatic heterocycles. The Morgan fingerprint density at radius 1 is 1.50 bits per heavy atom. The SMILES string of the molecule is CCCC(=O)OCC(F)(F)S(=O)(=O)[O-]. The van der Waals surface area contributed by atoms with Gasteiger partial charge in [0.25, 0.3) is 0 Å². The summed E-state index contributed by atoms with van der Waals surface area (Å²) in [6.45, 7) is -0.110. The number of carbonyl (C=O) groups excluding carboxylic acids is 1. The molecular weight excluding hydrogens is 222 g/mol. The van der Waals surface area contributed by atoms with Crippen LogP contribution < -0.4 is 0 Å². The van der Waals surface area contributed by atoms with E-state index in [0.717, 1.165) is 0 Å². The Bertz CT molecular complexity index is 297. The van der Waals surface area contributed by atoms with Crippen molar-refractivity contribution in [3.8, 4) is 0 Å². The third-order valence-corrected chi connectivity index (χ3v) is 2.07. The summed E-state index contributed by atoms with van der Waals surface area (Å²) in [4.78, 5) is 10.6. The molecule has 0 aromatic carbocycles. The fraction of sp³-hybridized carbons (Fsp3) is 0.833. The molecule has 0 aromatic rings. The highest BCUT2D eigenvalue weighted by Crippen LogP contribution is 2.20. The van der Waals surface area contributed by atoms with Gasteiger partial charge in [0.15, 0.2) is 16.7 Å². The summed E-state index contributed by atoms with van der Waals surface area (Å²) >= 11 is 0. The van der Waals surface area contributed by atoms with Crippen molar-refractivity contribution >= 4 is 16.1 Å². The van der Waals surface area contributed by atoms with E-state index in [1.807, 2.05) is 0 Å². The van der Waals surface area contributed by atoms with Gasteiger partial charge in [0, 0.05) is 6.42 Å². The quantitative estimate of drug-likeness (QED) is 0.507. The van der Waals surface area contributed by atoms with Crippen LogP contribution in [0.15, 0.2) is 0 Å². The summed E-state index contributed by atoms with van der Waals surface area (Å²) in [5.74, 6) is -0.962. The summed E-state index contributed by atoms with van der Waals surface area (Å²) < 4.78 is 58.4. The van der Waals surface area contributed by atoms with Crippen molar-refractivity contribution in [1.82, 2.24) is 0 Å². The first-order valence-corrected chi connectivity index (χ1v) is 5.10. The highest BCUT2D eigenvalue weighted by Gasteiger charge is 2.39. The maximum atomic E-state index is 12.4. The Hall–Kier alpha value is -0.760. The average molecular weight is 231 g/mol. The molecule has 0 spiro atoms. The van der Waals surface area contributed by atoms with Gasteiger partial charge in [-0.25, -0.2) is 8.42 Å². The molecule has 0 heterocycles. The first-order valence-electron chi connectivity index (χ1n) is 3.69. The lowest BCUT2D eigenvalue weighted by molar-refractivity contribution is -0.149. The molecule has 0 amide bonds. The molecule has 0 radical (unpaired) electrons. The molecule has 0 atom stereocenters. The molecule has 0 aromatic heterocycles. The van der Waals surface area contributed by atoms with Crippen molar-refractivity contribution in [2.45, 2.75) is 25.0 Å². The first kappa shape index (κ1) is 13.2. The fourth-order valence-corrected chi connectivity index (χ4v) is 0.716. The molecule has 0 rings (SSSR count). The zero-order valence-corrected chi connectivity index (χ0v) is 8.14. The smallest absolute Gasteiger partial charge is 0.367 e. The van der Waals surface area contributed by atoms with Crippen LogP contribution in [0.3, 0.4) is 0 Å². The predicted octanol–water partition coefficient (Wildman–Crippen LogP) is 0.468. The van der Waals surface area contributed by atoms with Crippen LogP contribution in [0.4, 0.5) is 8.78 Å². The van der Waals surface area contributed by atoms with Crippen molar-refractivity contribution in [1.29, 1.82) is 0 Å². The van der Waals surface area contributed by atoms with Gasteiger partial charge in [-0.2, -0.15) is 8.78 Å². The van der Waals surface area contributed by atoms with E-state index in [9.17, 15) is 26.5 Å². The second-order valence-electron chi connectivity index (χ2n) is 2.50. The lowest BCUT2D eigenvalue weighted by atomic mass is 10.3. The van der Waals surface area contributed by atoms with Crippen LogP contribution in [-0.2, 0) is 19.6 Å². The second kappa shape index (κ2) is 4.65. The Balaban J connectivity index is 4.20. The van der Waals surface area contributed by atoms with E-state index >= 15 is 0 Å². The Morgan fingerprint density at radius 2 is 2.00 bits per heavy atom. The topological polar surface area (TPSA) is 83.5 Å². The van der Waals surface area contributed by atoms with E-state index in [0.29, 0.717) is 6.42 Å². The van der Waals surface area contributed by atoms with Gasteiger partial charge >= 0.3 is 11.2 Å². The molecule has 0 aliphatic rings. The zero-order chi connectivity index (χ0) is 11.4. The highest BCUT2D eigenvalue weighted by atomic mass is 32.2. The van der Waals surface area contributed by atoms with Gasteiger partial charge < -0.3 is 9.29 Å². The number of hydrogen-bond donors (Lipinski definition) is 0. The fourth-order valence-electron chi connectivity index (χ4n) is 0.513. The number of ether oxygens (including phenoxy) is 1. The molecule has 8 heteroatoms. The number of esters is 1. The van der Waals surface area contributed by atoms with Gasteiger partial charge in [0.1, 0.15) is 0 Å². The number of hydrogen-bond acceptors (Lipinski definition) is 5. The molecule has 0 fully saturated rings. The minimum Gasteiger partial charge on any atom is -0.743 e. The monoisotopic (exact) mass is 231 g/mol. The van der Waals surface area contributed by atoms with Crippen LogP contribution in [-0.4, -0.2) is 30.8 Å². The van der Waals surface area contributed by atoms with E-state index in [4.69, 9.17) is 0 Å². The number of halogens is 2. The molecule has 5 nitrogen and oxygen atoms in total. The number of rotatable bonds is 5. The van der Waals surface area contributed by atoms with Crippen molar-refractivity contribution in [3.63, 3.8) is 0 Å². The third kappa shape index (κ3) is 3.97. The van der Waals surface area contributed by atoms with Gasteiger partial charge in [-0.1, -0.05) is 6.92 Å². The number of carbonyl (C=O) groups is 1. The van der Waals surface area contributed by atoms with E-state index in [1.54, 1.807) is 6.92 Å². The maximum Gasteiger partial charge on any atom is 0.367 e. The maximum absolute atomic E-state index is 12.4. The molecule has 84 valence electrons. The van der Waals surface area contributed by atoms with Crippen LogP contribution in [0.25, 0.3) is 0 Å². The summed E-state index contributed by atoms with van der Waals surface area (Å²) in [5.41, 5.74) is 0. The van der Waals surface area contributed by atoms with Crippen molar-refractivity contribution < 1.29 is 31.3 Å². The van der Waals surface area contributed by atoms with E-state index in [-0.39, 0.29) is 6.42 Å². The van der Waals surface area contributed by atoms with Crippen molar-refractivity contribution in [2.75, 3.05) is 6.61 Å². The molecule has 0 bridgehead atoms. The van der Waals surface area contributed by atoms with Crippen LogP contribution >= 0.6 is 0 Å². The Kier molecular flexibility index (Phi) is 4.40. The van der Waals surface area contributed by atoms with Crippen molar-refractivity contribution in [2.24, 2.45) is 0 Å². The van der Waals surface area contributed by atoms with Gasteiger partial charge in [-0.3, -0.25) is 4.79 Å². The third-order valence-electron chi connectivity index (χ3n) is 1.22. The van der Waals surface area contributed by atoms with E-state index in [2.05, 4.69) is 4.74 Å². The zero-order valence-electron chi connectivity index (χ0n) is 7.33. The average Bonchev–Trinajstić information content (AvgIpc) is 1.99. The van der Waals surface area contributed by atoms with Crippen LogP contribution in [0.5, 0.6) is 0 Å². The number of alkyl halides is 2. The summed E-state index contributed by atoms with van der Waals surface area (Å²) in [6, 6.07) is 0. The van der Waals surface area contributed by atoms with Crippen LogP contribution in [0, 0.1) is 0 Å². The Morgan fingerprint density at radius 3 is 2.36 bits per heavy atom. The highest BCUT2D eigenvalue weighted by molar-refractivity contribution is 7.86. The van der Waals surface area contributed by atoms with Gasteiger partial charge in [0.2, 0.25) is 0 Å². The normalized spacial score (nSPS) is 12.6. The minimum atomic E-state index is -5.77. The standard InChI is InChI=1S/C6H10F2O5S/c1-2-3-5(9)13-4-6(7,8)14(10,11)12/h2-4H2,1H3,(H,10,11,12)/p-1. The Labute approximate surface area is 79.8 Å². The lowest BCUT2D eigenvalue weighted by Crippen LogP contribution is -2.34. The molecule has 0 N–H and O–H groups in total. The molecular formula is C6H9F2O5S-. The molecule has 0 saturated heterocycles. The second-order valence-corrected chi connectivity index (χ2v) is 4.01. The van der Waals surface area contributed by atoms with Crippen LogP contribution in [0.2, 0.25) is 0 Å². The molecule has 0 unspecified atom stereocenters. The van der Waals surface area contributed by atoms with E-state index < -0.39 is 27.9 Å². The predicted molar refractivity (Wildman–Crippen MR) is 40.5 cm³/mol. The molecule has 14 heavy (non-hydrogen) atoms. The van der Waals surface area contributed by atoms with Gasteiger partial charge in [0.05, 0.1) is 0 Å².